The van der Waals surface area contributed by atoms with Gasteiger partial charge in [0.1, 0.15) is 6.04 Å². The molecule has 0 aliphatic carbocycles. The molecule has 11 heteroatoms. The van der Waals surface area contributed by atoms with E-state index >= 15 is 0 Å². The van der Waals surface area contributed by atoms with Gasteiger partial charge in [0.25, 0.3) is 0 Å². The van der Waals surface area contributed by atoms with Gasteiger partial charge in [-0.05, 0) is 62.2 Å². The predicted molar refractivity (Wildman–Crippen MR) is 136 cm³/mol. The highest BCUT2D eigenvalue weighted by atomic mass is 32.2. The number of likely N-dealkylation sites (tertiary alicyclic amines) is 2. The zero-order valence-corrected chi connectivity index (χ0v) is 21.1. The quantitative estimate of drug-likeness (QED) is 0.498. The SMILES string of the molecule is CSN1CCN(C2CC(C(=O)Nc3ccc(C(=O)O)cc3)N(C(=O)N3CCC(CN)CC3)C2)CC1. The molecule has 1 aromatic carbocycles. The number of carboxylic acids is 1. The molecule has 0 bridgehead atoms. The molecule has 3 aliphatic heterocycles. The van der Waals surface area contributed by atoms with Gasteiger partial charge in [-0.3, -0.25) is 9.69 Å². The Bertz CT molecular complexity index is 900. The number of aromatic carboxylic acids is 1. The van der Waals surface area contributed by atoms with Gasteiger partial charge >= 0.3 is 12.0 Å². The molecule has 0 spiro atoms. The molecule has 0 saturated carbocycles. The van der Waals surface area contributed by atoms with E-state index < -0.39 is 12.0 Å². The van der Waals surface area contributed by atoms with Crippen LogP contribution in [0.1, 0.15) is 29.6 Å². The molecule has 3 amide bonds. The molecule has 192 valence electrons. The number of amides is 3. The van der Waals surface area contributed by atoms with Gasteiger partial charge in [0.15, 0.2) is 0 Å². The van der Waals surface area contributed by atoms with Gasteiger partial charge in [-0.25, -0.2) is 13.9 Å². The summed E-state index contributed by atoms with van der Waals surface area (Å²) >= 11 is 1.75. The third-order valence-corrected chi connectivity index (χ3v) is 8.37. The average Bonchev–Trinajstić information content (AvgIpc) is 3.34. The van der Waals surface area contributed by atoms with E-state index in [0.29, 0.717) is 44.2 Å². The van der Waals surface area contributed by atoms with Crippen molar-refractivity contribution in [3.05, 3.63) is 29.8 Å². The molecular formula is C24H36N6O4S. The summed E-state index contributed by atoms with van der Waals surface area (Å²) in [4.78, 5) is 44.1. The zero-order valence-electron chi connectivity index (χ0n) is 20.3. The predicted octanol–water partition coefficient (Wildman–Crippen LogP) is 1.45. The number of urea groups is 1. The van der Waals surface area contributed by atoms with Crippen LogP contribution >= 0.6 is 11.9 Å². The van der Waals surface area contributed by atoms with Crippen LogP contribution in [0, 0.1) is 5.92 Å². The normalized spacial score (nSPS) is 24.5. The molecule has 0 radical (unpaired) electrons. The van der Waals surface area contributed by atoms with Crippen molar-refractivity contribution in [3.63, 3.8) is 0 Å². The van der Waals surface area contributed by atoms with Crippen molar-refractivity contribution in [1.29, 1.82) is 0 Å². The van der Waals surface area contributed by atoms with Gasteiger partial charge in [0.05, 0.1) is 5.56 Å². The Labute approximate surface area is 210 Å². The van der Waals surface area contributed by atoms with Crippen LogP contribution in [0.25, 0.3) is 0 Å². The summed E-state index contributed by atoms with van der Waals surface area (Å²) in [6.45, 7) is 6.27. The molecule has 1 aromatic rings. The van der Waals surface area contributed by atoms with Crippen molar-refractivity contribution in [2.75, 3.05) is 63.9 Å². The molecule has 3 heterocycles. The smallest absolute Gasteiger partial charge is 0.335 e. The van der Waals surface area contributed by atoms with Crippen LogP contribution in [0.3, 0.4) is 0 Å². The molecular weight excluding hydrogens is 468 g/mol. The van der Waals surface area contributed by atoms with Gasteiger partial charge in [0, 0.05) is 57.5 Å². The third-order valence-electron chi connectivity index (χ3n) is 7.49. The molecule has 10 nitrogen and oxygen atoms in total. The minimum Gasteiger partial charge on any atom is -0.478 e. The second-order valence-corrected chi connectivity index (χ2v) is 10.4. The Hall–Kier alpha value is -2.34. The van der Waals surface area contributed by atoms with Crippen molar-refractivity contribution in [2.24, 2.45) is 11.7 Å². The number of hydrogen-bond acceptors (Lipinski definition) is 7. The maximum atomic E-state index is 13.6. The van der Waals surface area contributed by atoms with Crippen LogP contribution in [0.4, 0.5) is 10.5 Å². The van der Waals surface area contributed by atoms with Gasteiger partial charge in [-0.15, -0.1) is 0 Å². The van der Waals surface area contributed by atoms with Crippen molar-refractivity contribution in [3.8, 4) is 0 Å². The van der Waals surface area contributed by atoms with Crippen molar-refractivity contribution in [1.82, 2.24) is 19.0 Å². The number of benzene rings is 1. The number of anilines is 1. The van der Waals surface area contributed by atoms with Crippen LogP contribution in [-0.4, -0.2) is 113 Å². The Morgan fingerprint density at radius 3 is 2.29 bits per heavy atom. The lowest BCUT2D eigenvalue weighted by Crippen LogP contribution is -2.52. The number of rotatable bonds is 6. The first-order chi connectivity index (χ1) is 16.9. The van der Waals surface area contributed by atoms with Gasteiger partial charge < -0.3 is 26.0 Å². The minimum absolute atomic E-state index is 0.0768. The molecule has 3 fully saturated rings. The first-order valence-electron chi connectivity index (χ1n) is 12.3. The number of carbonyl (C=O) groups is 3. The maximum absolute atomic E-state index is 13.6. The van der Waals surface area contributed by atoms with Crippen molar-refractivity contribution < 1.29 is 19.5 Å². The van der Waals surface area contributed by atoms with E-state index in [-0.39, 0.29) is 23.5 Å². The molecule has 3 aliphatic rings. The molecule has 3 saturated heterocycles. The number of hydrogen-bond donors (Lipinski definition) is 3. The summed E-state index contributed by atoms with van der Waals surface area (Å²) in [6.07, 6.45) is 4.46. The monoisotopic (exact) mass is 504 g/mol. The van der Waals surface area contributed by atoms with Gasteiger partial charge in [0.2, 0.25) is 5.91 Å². The lowest BCUT2D eigenvalue weighted by Gasteiger charge is -2.37. The number of carboxylic acid groups (broad SMARTS) is 1. The van der Waals surface area contributed by atoms with Crippen molar-refractivity contribution in [2.45, 2.75) is 31.3 Å². The van der Waals surface area contributed by atoms with E-state index in [4.69, 9.17) is 10.8 Å². The summed E-state index contributed by atoms with van der Waals surface area (Å²) in [5.41, 5.74) is 6.50. The highest BCUT2D eigenvalue weighted by molar-refractivity contribution is 7.96. The Balaban J connectivity index is 1.46. The summed E-state index contributed by atoms with van der Waals surface area (Å²) < 4.78 is 2.33. The van der Waals surface area contributed by atoms with Crippen molar-refractivity contribution >= 4 is 35.5 Å². The van der Waals surface area contributed by atoms with Crippen LogP contribution < -0.4 is 11.1 Å². The second-order valence-electron chi connectivity index (χ2n) is 9.53. The van der Waals surface area contributed by atoms with Crippen LogP contribution in [0.2, 0.25) is 0 Å². The largest absolute Gasteiger partial charge is 0.478 e. The van der Waals surface area contributed by atoms with E-state index in [1.165, 1.54) is 12.1 Å². The fraction of sp³-hybridized carbons (Fsp3) is 0.625. The fourth-order valence-electron chi connectivity index (χ4n) is 5.25. The first kappa shape index (κ1) is 25.7. The lowest BCUT2D eigenvalue weighted by molar-refractivity contribution is -0.119. The van der Waals surface area contributed by atoms with E-state index in [1.54, 1.807) is 29.0 Å². The Morgan fingerprint density at radius 2 is 1.71 bits per heavy atom. The molecule has 2 atom stereocenters. The van der Waals surface area contributed by atoms with E-state index in [1.807, 2.05) is 4.90 Å². The molecule has 4 N–H and O–H groups in total. The van der Waals surface area contributed by atoms with Crippen LogP contribution in [0.15, 0.2) is 24.3 Å². The van der Waals surface area contributed by atoms with E-state index in [2.05, 4.69) is 20.8 Å². The van der Waals surface area contributed by atoms with Gasteiger partial charge in [-0.2, -0.15) is 0 Å². The summed E-state index contributed by atoms with van der Waals surface area (Å²) in [6, 6.07) is 5.58. The third kappa shape index (κ3) is 6.08. The Kier molecular flexibility index (Phi) is 8.53. The molecule has 35 heavy (non-hydrogen) atoms. The minimum atomic E-state index is -1.02. The maximum Gasteiger partial charge on any atom is 0.335 e. The van der Waals surface area contributed by atoms with E-state index in [0.717, 1.165) is 39.0 Å². The number of piperidine rings is 1. The molecule has 4 rings (SSSR count). The standard InChI is InChI=1S/C24H36N6O4S/c1-35-29-12-10-27(11-13-29)20-14-21(22(31)26-19-4-2-18(3-5-19)23(32)33)30(16-20)24(34)28-8-6-17(15-25)7-9-28/h2-5,17,20-21H,6-16,25H2,1H3,(H,26,31)(H,32,33). The second kappa shape index (κ2) is 11.6. The number of nitrogens with zero attached hydrogens (tertiary/aromatic N) is 4. The fourth-order valence-corrected chi connectivity index (χ4v) is 5.78. The number of nitrogens with one attached hydrogen (secondary N) is 1. The number of nitrogens with two attached hydrogens (primary N) is 1. The number of piperazine rings is 1. The summed E-state index contributed by atoms with van der Waals surface area (Å²) in [7, 11) is 0. The molecule has 0 aromatic heterocycles. The summed E-state index contributed by atoms with van der Waals surface area (Å²) in [5, 5.41) is 12.0. The van der Waals surface area contributed by atoms with Gasteiger partial charge in [-0.1, -0.05) is 11.9 Å². The Morgan fingerprint density at radius 1 is 1.06 bits per heavy atom. The number of carbonyl (C=O) groups excluding carboxylic acids is 2. The summed E-state index contributed by atoms with van der Waals surface area (Å²) in [5.74, 6) is -0.798. The lowest BCUT2D eigenvalue weighted by atomic mass is 9.97. The highest BCUT2D eigenvalue weighted by Gasteiger charge is 2.44. The first-order valence-corrected chi connectivity index (χ1v) is 13.5. The van der Waals surface area contributed by atoms with Crippen LogP contribution in [0.5, 0.6) is 0 Å². The topological polar surface area (TPSA) is 122 Å². The zero-order chi connectivity index (χ0) is 24.9. The molecule has 2 unspecified atom stereocenters. The van der Waals surface area contributed by atoms with E-state index in [9.17, 15) is 14.4 Å². The highest BCUT2D eigenvalue weighted by Crippen LogP contribution is 2.28. The van der Waals surface area contributed by atoms with Crippen LogP contribution in [-0.2, 0) is 4.79 Å². The average molecular weight is 505 g/mol.